The number of nitrogens with one attached hydrogen (secondary N) is 2. The summed E-state index contributed by atoms with van der Waals surface area (Å²) in [4.78, 5) is 23.6. The summed E-state index contributed by atoms with van der Waals surface area (Å²) in [5.41, 5.74) is 0. The van der Waals surface area contributed by atoms with Crippen LogP contribution in [0.3, 0.4) is 0 Å². The van der Waals surface area contributed by atoms with Crippen LogP contribution < -0.4 is 10.6 Å². The molecule has 0 radical (unpaired) electrons. The van der Waals surface area contributed by atoms with Gasteiger partial charge in [0.05, 0.1) is 13.2 Å². The minimum Gasteiger partial charge on any atom is -0.464 e. The zero-order valence-corrected chi connectivity index (χ0v) is 13.4. The average molecular weight is 307 g/mol. The van der Waals surface area contributed by atoms with E-state index in [4.69, 9.17) is 4.74 Å². The molecule has 2 N–H and O–H groups in total. The van der Waals surface area contributed by atoms with E-state index in [2.05, 4.69) is 10.6 Å². The van der Waals surface area contributed by atoms with Crippen LogP contribution in [0.1, 0.15) is 40.0 Å². The first-order valence-electron chi connectivity index (χ1n) is 7.25. The van der Waals surface area contributed by atoms with Crippen LogP contribution >= 0.6 is 12.4 Å². The summed E-state index contributed by atoms with van der Waals surface area (Å²) in [6.45, 7) is 7.20. The van der Waals surface area contributed by atoms with Crippen molar-refractivity contribution < 1.29 is 14.3 Å². The van der Waals surface area contributed by atoms with Crippen LogP contribution in [0, 0.1) is 11.8 Å². The summed E-state index contributed by atoms with van der Waals surface area (Å²) in [5, 5.41) is 5.89. The molecule has 0 saturated heterocycles. The topological polar surface area (TPSA) is 67.4 Å². The maximum Gasteiger partial charge on any atom is 0.328 e. The molecule has 6 heteroatoms. The van der Waals surface area contributed by atoms with E-state index in [1.807, 2.05) is 13.8 Å². The standard InChI is InChI=1S/C14H26N2O3.ClH/c1-4-10(3)13(14(18)19-5-2)16-12(17)9-15-8-11-6-7-11;/h10-11,13,15H,4-9H2,1-3H3,(H,16,17);1H. The van der Waals surface area contributed by atoms with Gasteiger partial charge in [-0.15, -0.1) is 12.4 Å². The van der Waals surface area contributed by atoms with Gasteiger partial charge in [0.15, 0.2) is 0 Å². The smallest absolute Gasteiger partial charge is 0.328 e. The Kier molecular flexibility index (Phi) is 9.59. The van der Waals surface area contributed by atoms with E-state index >= 15 is 0 Å². The van der Waals surface area contributed by atoms with Gasteiger partial charge < -0.3 is 15.4 Å². The predicted molar refractivity (Wildman–Crippen MR) is 80.9 cm³/mol. The van der Waals surface area contributed by atoms with Gasteiger partial charge in [0.1, 0.15) is 6.04 Å². The van der Waals surface area contributed by atoms with Gasteiger partial charge in [-0.25, -0.2) is 4.79 Å². The molecule has 0 aromatic carbocycles. The molecule has 1 fully saturated rings. The molecule has 1 aliphatic carbocycles. The summed E-state index contributed by atoms with van der Waals surface area (Å²) >= 11 is 0. The molecule has 0 bridgehead atoms. The molecular weight excluding hydrogens is 280 g/mol. The molecule has 0 spiro atoms. The van der Waals surface area contributed by atoms with Gasteiger partial charge in [0, 0.05) is 0 Å². The molecule has 0 aliphatic heterocycles. The van der Waals surface area contributed by atoms with Crippen LogP contribution in [0.25, 0.3) is 0 Å². The van der Waals surface area contributed by atoms with Crippen LogP contribution in [0.4, 0.5) is 0 Å². The second kappa shape index (κ2) is 10.00. The Morgan fingerprint density at radius 3 is 2.45 bits per heavy atom. The van der Waals surface area contributed by atoms with Gasteiger partial charge in [-0.3, -0.25) is 4.79 Å². The Bertz CT molecular complexity index is 309. The Labute approximate surface area is 127 Å². The SMILES string of the molecule is CCOC(=O)C(NC(=O)CNCC1CC1)C(C)CC.Cl. The number of esters is 1. The Balaban J connectivity index is 0.00000361. The van der Waals surface area contributed by atoms with Crippen molar-refractivity contribution in [3.05, 3.63) is 0 Å². The summed E-state index contributed by atoms with van der Waals surface area (Å²) < 4.78 is 5.01. The number of carbonyl (C=O) groups excluding carboxylic acids is 2. The van der Waals surface area contributed by atoms with Crippen molar-refractivity contribution in [1.29, 1.82) is 0 Å². The summed E-state index contributed by atoms with van der Waals surface area (Å²) in [6, 6.07) is -0.542. The lowest BCUT2D eigenvalue weighted by Crippen LogP contribution is -2.48. The van der Waals surface area contributed by atoms with Crippen LogP contribution in [-0.2, 0) is 14.3 Å². The normalized spacial score (nSPS) is 16.8. The average Bonchev–Trinajstić information content (AvgIpc) is 3.19. The summed E-state index contributed by atoms with van der Waals surface area (Å²) in [5.74, 6) is 0.334. The number of hydrogen-bond donors (Lipinski definition) is 2. The van der Waals surface area contributed by atoms with E-state index in [0.717, 1.165) is 18.9 Å². The van der Waals surface area contributed by atoms with Gasteiger partial charge in [-0.2, -0.15) is 0 Å². The zero-order chi connectivity index (χ0) is 14.3. The molecule has 1 aliphatic rings. The van der Waals surface area contributed by atoms with E-state index in [-0.39, 0.29) is 36.7 Å². The monoisotopic (exact) mass is 306 g/mol. The second-order valence-electron chi connectivity index (χ2n) is 5.26. The minimum absolute atomic E-state index is 0. The molecule has 1 saturated carbocycles. The molecule has 118 valence electrons. The third-order valence-corrected chi connectivity index (χ3v) is 3.49. The van der Waals surface area contributed by atoms with Crippen molar-refractivity contribution in [2.45, 2.75) is 46.1 Å². The fourth-order valence-corrected chi connectivity index (χ4v) is 1.84. The van der Waals surface area contributed by atoms with Gasteiger partial charge >= 0.3 is 5.97 Å². The molecule has 2 atom stereocenters. The first-order chi connectivity index (χ1) is 9.08. The molecule has 20 heavy (non-hydrogen) atoms. The first-order valence-corrected chi connectivity index (χ1v) is 7.25. The lowest BCUT2D eigenvalue weighted by Gasteiger charge is -2.22. The van der Waals surface area contributed by atoms with E-state index in [1.165, 1.54) is 12.8 Å². The summed E-state index contributed by atoms with van der Waals surface area (Å²) in [6.07, 6.45) is 3.33. The van der Waals surface area contributed by atoms with Crippen LogP contribution in [-0.4, -0.2) is 37.6 Å². The Hall–Kier alpha value is -0.810. The predicted octanol–water partition coefficient (Wildman–Crippen LogP) is 1.50. The van der Waals surface area contributed by atoms with Gasteiger partial charge in [0.25, 0.3) is 0 Å². The van der Waals surface area contributed by atoms with E-state index in [0.29, 0.717) is 6.61 Å². The quantitative estimate of drug-likeness (QED) is 0.634. The van der Waals surface area contributed by atoms with E-state index < -0.39 is 6.04 Å². The molecule has 0 aromatic rings. The summed E-state index contributed by atoms with van der Waals surface area (Å²) in [7, 11) is 0. The van der Waals surface area contributed by atoms with Gasteiger partial charge in [-0.05, 0) is 38.1 Å². The van der Waals surface area contributed by atoms with Crippen LogP contribution in [0.5, 0.6) is 0 Å². The maximum atomic E-state index is 11.8. The number of ether oxygens (including phenoxy) is 1. The fraction of sp³-hybridized carbons (Fsp3) is 0.857. The third-order valence-electron chi connectivity index (χ3n) is 3.49. The zero-order valence-electron chi connectivity index (χ0n) is 12.6. The number of halogens is 1. The molecule has 0 aromatic heterocycles. The van der Waals surface area contributed by atoms with Crippen molar-refractivity contribution in [1.82, 2.24) is 10.6 Å². The lowest BCUT2D eigenvalue weighted by molar-refractivity contribution is -0.148. The highest BCUT2D eigenvalue weighted by atomic mass is 35.5. The minimum atomic E-state index is -0.542. The molecule has 1 amide bonds. The van der Waals surface area contributed by atoms with Crippen LogP contribution in [0.15, 0.2) is 0 Å². The molecule has 2 unspecified atom stereocenters. The Morgan fingerprint density at radius 2 is 1.95 bits per heavy atom. The number of rotatable bonds is 9. The molecule has 0 heterocycles. The molecule has 5 nitrogen and oxygen atoms in total. The van der Waals surface area contributed by atoms with E-state index in [1.54, 1.807) is 6.92 Å². The van der Waals surface area contributed by atoms with Gasteiger partial charge in [0.2, 0.25) is 5.91 Å². The largest absolute Gasteiger partial charge is 0.464 e. The third kappa shape index (κ3) is 7.10. The van der Waals surface area contributed by atoms with Crippen molar-refractivity contribution in [2.75, 3.05) is 19.7 Å². The van der Waals surface area contributed by atoms with Crippen molar-refractivity contribution in [2.24, 2.45) is 11.8 Å². The molecular formula is C14H27ClN2O3. The van der Waals surface area contributed by atoms with Crippen molar-refractivity contribution in [3.8, 4) is 0 Å². The van der Waals surface area contributed by atoms with Crippen LogP contribution in [0.2, 0.25) is 0 Å². The highest BCUT2D eigenvalue weighted by Gasteiger charge is 2.27. The second-order valence-corrected chi connectivity index (χ2v) is 5.26. The number of hydrogen-bond acceptors (Lipinski definition) is 4. The highest BCUT2D eigenvalue weighted by Crippen LogP contribution is 2.27. The number of carbonyl (C=O) groups is 2. The first kappa shape index (κ1) is 19.2. The maximum absolute atomic E-state index is 11.8. The highest BCUT2D eigenvalue weighted by molar-refractivity contribution is 5.86. The Morgan fingerprint density at radius 1 is 1.30 bits per heavy atom. The molecule has 1 rings (SSSR count). The fourth-order valence-electron chi connectivity index (χ4n) is 1.84. The number of amides is 1. The van der Waals surface area contributed by atoms with Gasteiger partial charge in [-0.1, -0.05) is 20.3 Å². The van der Waals surface area contributed by atoms with Crippen molar-refractivity contribution >= 4 is 24.3 Å². The lowest BCUT2D eigenvalue weighted by atomic mass is 9.99. The van der Waals surface area contributed by atoms with E-state index in [9.17, 15) is 9.59 Å². The van der Waals surface area contributed by atoms with Crippen molar-refractivity contribution in [3.63, 3.8) is 0 Å².